The number of carboxylic acid groups (broad SMARTS) is 1. The summed E-state index contributed by atoms with van der Waals surface area (Å²) in [7, 11) is 0. The van der Waals surface area contributed by atoms with E-state index >= 15 is 0 Å². The van der Waals surface area contributed by atoms with Gasteiger partial charge in [0, 0.05) is 25.3 Å². The van der Waals surface area contributed by atoms with Gasteiger partial charge in [-0.1, -0.05) is 0 Å². The van der Waals surface area contributed by atoms with Crippen molar-refractivity contribution < 1.29 is 33.0 Å². The van der Waals surface area contributed by atoms with E-state index in [1.54, 1.807) is 0 Å². The third kappa shape index (κ3) is 10.0. The Labute approximate surface area is 105 Å². The lowest BCUT2D eigenvalue weighted by atomic mass is 10.2. The maximum Gasteiger partial charge on any atom is 0.441 e. The number of nitrogens with one attached hydrogen (secondary N) is 2. The van der Waals surface area contributed by atoms with E-state index in [1.807, 2.05) is 0 Å². The first-order valence-corrected chi connectivity index (χ1v) is 5.84. The van der Waals surface area contributed by atoms with Crippen LogP contribution in [0.2, 0.25) is 0 Å². The maximum absolute atomic E-state index is 11.7. The number of alkyl halides is 3. The lowest BCUT2D eigenvalue weighted by Crippen LogP contribution is -2.38. The normalized spacial score (nSPS) is 12.9. The number of carbonyl (C=O) groups excluding carboxylic acids is 1. The first-order valence-electron chi connectivity index (χ1n) is 4.85. The fourth-order valence-electron chi connectivity index (χ4n) is 0.840. The Morgan fingerprint density at radius 1 is 1.22 bits per heavy atom. The molecule has 0 aliphatic heterocycles. The van der Waals surface area contributed by atoms with Gasteiger partial charge >= 0.3 is 17.5 Å². The first-order chi connectivity index (χ1) is 8.22. The van der Waals surface area contributed by atoms with E-state index in [9.17, 15) is 22.8 Å². The van der Waals surface area contributed by atoms with Crippen LogP contribution in [0.5, 0.6) is 0 Å². The van der Waals surface area contributed by atoms with Crippen molar-refractivity contribution >= 4 is 23.8 Å². The topological polar surface area (TPSA) is 98.7 Å². The Morgan fingerprint density at radius 2 is 1.78 bits per heavy atom. The standard InChI is InChI=1S/C8H13F3N2O4S/c9-8(10,11)18-4-3-13-7(17)12-2-1-5(14)6(15)16/h5,14H,1-4H2,(H,15,16)(H2,12,13,17). The molecule has 4 N–H and O–H groups in total. The van der Waals surface area contributed by atoms with Crippen molar-refractivity contribution in [1.29, 1.82) is 0 Å². The molecule has 0 saturated heterocycles. The predicted octanol–water partition coefficient (Wildman–Crippen LogP) is 0.374. The molecule has 0 aromatic carbocycles. The van der Waals surface area contributed by atoms with Crippen molar-refractivity contribution in [2.24, 2.45) is 0 Å². The third-order valence-corrected chi connectivity index (χ3v) is 2.38. The van der Waals surface area contributed by atoms with E-state index in [0.29, 0.717) is 0 Å². The highest BCUT2D eigenvalue weighted by Crippen LogP contribution is 2.29. The summed E-state index contributed by atoms with van der Waals surface area (Å²) in [4.78, 5) is 21.2. The summed E-state index contributed by atoms with van der Waals surface area (Å²) < 4.78 is 35.1. The number of rotatable bonds is 7. The number of aliphatic carboxylic acids is 1. The minimum absolute atomic E-state index is 0.0916. The van der Waals surface area contributed by atoms with Gasteiger partial charge in [0.15, 0.2) is 6.10 Å². The highest BCUT2D eigenvalue weighted by Gasteiger charge is 2.27. The zero-order chi connectivity index (χ0) is 14.2. The van der Waals surface area contributed by atoms with Gasteiger partial charge in [-0.15, -0.1) is 0 Å². The second kappa shape index (κ2) is 8.03. The molecule has 1 unspecified atom stereocenters. The van der Waals surface area contributed by atoms with Crippen LogP contribution in [0.25, 0.3) is 0 Å². The van der Waals surface area contributed by atoms with Crippen LogP contribution in [0.15, 0.2) is 0 Å². The number of amides is 2. The average Bonchev–Trinajstić information content (AvgIpc) is 2.22. The van der Waals surface area contributed by atoms with Gasteiger partial charge in [0.2, 0.25) is 0 Å². The number of halogens is 3. The molecule has 18 heavy (non-hydrogen) atoms. The number of carboxylic acids is 1. The summed E-state index contributed by atoms with van der Waals surface area (Å²) in [6.07, 6.45) is -1.76. The highest BCUT2D eigenvalue weighted by atomic mass is 32.2. The third-order valence-electron chi connectivity index (χ3n) is 1.64. The number of hydrogen-bond acceptors (Lipinski definition) is 4. The lowest BCUT2D eigenvalue weighted by Gasteiger charge is -2.09. The van der Waals surface area contributed by atoms with E-state index in [1.165, 1.54) is 0 Å². The van der Waals surface area contributed by atoms with Crippen LogP contribution in [0.3, 0.4) is 0 Å². The molecule has 1 atom stereocenters. The van der Waals surface area contributed by atoms with Crippen molar-refractivity contribution in [1.82, 2.24) is 10.6 Å². The number of aliphatic hydroxyl groups excluding tert-OH is 1. The number of urea groups is 1. The second-order valence-corrected chi connectivity index (χ2v) is 4.28. The molecule has 0 saturated carbocycles. The fraction of sp³-hybridized carbons (Fsp3) is 0.750. The largest absolute Gasteiger partial charge is 0.479 e. The summed E-state index contributed by atoms with van der Waals surface area (Å²) >= 11 is -0.252. The van der Waals surface area contributed by atoms with Crippen molar-refractivity contribution in [2.75, 3.05) is 18.8 Å². The van der Waals surface area contributed by atoms with E-state index in [4.69, 9.17) is 10.2 Å². The Kier molecular flexibility index (Phi) is 7.51. The van der Waals surface area contributed by atoms with E-state index < -0.39 is 23.6 Å². The number of thioether (sulfide) groups is 1. The molecule has 0 fully saturated rings. The van der Waals surface area contributed by atoms with Crippen LogP contribution >= 0.6 is 11.8 Å². The maximum atomic E-state index is 11.7. The van der Waals surface area contributed by atoms with Gasteiger partial charge in [0.1, 0.15) is 0 Å². The van der Waals surface area contributed by atoms with E-state index in [0.717, 1.165) is 0 Å². The molecule has 0 spiro atoms. The minimum Gasteiger partial charge on any atom is -0.479 e. The van der Waals surface area contributed by atoms with Gasteiger partial charge in [-0.3, -0.25) is 0 Å². The molecule has 0 bridgehead atoms. The van der Waals surface area contributed by atoms with Gasteiger partial charge in [-0.2, -0.15) is 13.2 Å². The molecule has 0 aliphatic rings. The van der Waals surface area contributed by atoms with Crippen molar-refractivity contribution in [3.8, 4) is 0 Å². The molecule has 0 heterocycles. The van der Waals surface area contributed by atoms with E-state index in [-0.39, 0.29) is 37.0 Å². The molecule has 0 radical (unpaired) electrons. The Morgan fingerprint density at radius 3 is 2.28 bits per heavy atom. The summed E-state index contributed by atoms with van der Waals surface area (Å²) in [5.41, 5.74) is -4.33. The van der Waals surface area contributed by atoms with Crippen LogP contribution in [0.4, 0.5) is 18.0 Å². The van der Waals surface area contributed by atoms with Gasteiger partial charge in [0.25, 0.3) is 0 Å². The van der Waals surface area contributed by atoms with Crippen molar-refractivity contribution in [3.63, 3.8) is 0 Å². The summed E-state index contributed by atoms with van der Waals surface area (Å²) in [6, 6.07) is -0.713. The Hall–Kier alpha value is -1.16. The van der Waals surface area contributed by atoms with Crippen LogP contribution in [0, 0.1) is 0 Å². The second-order valence-electron chi connectivity index (χ2n) is 3.12. The summed E-state index contributed by atoms with van der Waals surface area (Å²) in [6.45, 7) is -0.261. The Balaban J connectivity index is 3.52. The molecule has 0 aliphatic carbocycles. The summed E-state index contributed by atoms with van der Waals surface area (Å²) in [5, 5.41) is 21.5. The number of aliphatic hydroxyl groups is 1. The zero-order valence-corrected chi connectivity index (χ0v) is 9.98. The average molecular weight is 290 g/mol. The molecular weight excluding hydrogens is 277 g/mol. The molecule has 10 heteroatoms. The van der Waals surface area contributed by atoms with Gasteiger partial charge in [0.05, 0.1) is 0 Å². The Bertz CT molecular complexity index is 288. The van der Waals surface area contributed by atoms with Crippen LogP contribution < -0.4 is 10.6 Å². The predicted molar refractivity (Wildman–Crippen MR) is 58.2 cm³/mol. The molecule has 0 rings (SSSR count). The number of hydrogen-bond donors (Lipinski definition) is 4. The monoisotopic (exact) mass is 290 g/mol. The highest BCUT2D eigenvalue weighted by molar-refractivity contribution is 8.00. The van der Waals surface area contributed by atoms with Gasteiger partial charge in [-0.05, 0) is 11.8 Å². The van der Waals surface area contributed by atoms with Crippen molar-refractivity contribution in [3.05, 3.63) is 0 Å². The van der Waals surface area contributed by atoms with Crippen LogP contribution in [0.1, 0.15) is 6.42 Å². The quantitative estimate of drug-likeness (QED) is 0.508. The minimum atomic E-state index is -4.33. The molecule has 0 aromatic rings. The van der Waals surface area contributed by atoms with Crippen LogP contribution in [-0.4, -0.2) is 52.7 Å². The first kappa shape index (κ1) is 16.8. The molecule has 106 valence electrons. The SMILES string of the molecule is O=C(NCCSC(F)(F)F)NCCC(O)C(=O)O. The molecule has 6 nitrogen and oxygen atoms in total. The lowest BCUT2D eigenvalue weighted by molar-refractivity contribution is -0.146. The number of carbonyl (C=O) groups is 2. The van der Waals surface area contributed by atoms with Gasteiger partial charge in [-0.25, -0.2) is 9.59 Å². The summed E-state index contributed by atoms with van der Waals surface area (Å²) in [5.74, 6) is -1.71. The molecule has 0 aromatic heterocycles. The fourth-order valence-corrected chi connectivity index (χ4v) is 1.28. The molecule has 2 amide bonds. The van der Waals surface area contributed by atoms with Crippen LogP contribution in [-0.2, 0) is 4.79 Å². The zero-order valence-electron chi connectivity index (χ0n) is 9.16. The van der Waals surface area contributed by atoms with E-state index in [2.05, 4.69) is 10.6 Å². The molecular formula is C8H13F3N2O4S. The smallest absolute Gasteiger partial charge is 0.441 e. The van der Waals surface area contributed by atoms with Crippen molar-refractivity contribution in [2.45, 2.75) is 18.0 Å². The van der Waals surface area contributed by atoms with Gasteiger partial charge < -0.3 is 20.8 Å².